The number of unbranched alkanes of at least 4 members (excludes halogenated alkanes) is 1. The first-order valence-electron chi connectivity index (χ1n) is 8.68. The highest BCUT2D eigenvalue weighted by atomic mass is 16.5. The molecule has 0 saturated heterocycles. The SMILES string of the molecule is CCCCN(C)C(=O)c1ccnc(Nc2ccccc2C(=O)OCC)n1. The highest BCUT2D eigenvalue weighted by Crippen LogP contribution is 2.19. The van der Waals surface area contributed by atoms with Gasteiger partial charge in [0.15, 0.2) is 0 Å². The summed E-state index contributed by atoms with van der Waals surface area (Å²) in [6, 6.07) is 8.51. The number of aromatic nitrogens is 2. The Morgan fingerprint density at radius 1 is 1.19 bits per heavy atom. The molecule has 0 bridgehead atoms. The van der Waals surface area contributed by atoms with Gasteiger partial charge in [-0.15, -0.1) is 0 Å². The van der Waals surface area contributed by atoms with Crippen molar-refractivity contribution in [2.75, 3.05) is 25.5 Å². The van der Waals surface area contributed by atoms with Crippen molar-refractivity contribution in [3.63, 3.8) is 0 Å². The second kappa shape index (κ2) is 9.50. The Hall–Kier alpha value is -2.96. The number of nitrogens with one attached hydrogen (secondary N) is 1. The van der Waals surface area contributed by atoms with Crippen molar-refractivity contribution in [2.45, 2.75) is 26.7 Å². The molecule has 7 nitrogen and oxygen atoms in total. The van der Waals surface area contributed by atoms with Gasteiger partial charge in [-0.3, -0.25) is 4.79 Å². The van der Waals surface area contributed by atoms with Crippen LogP contribution < -0.4 is 5.32 Å². The molecule has 0 spiro atoms. The molecule has 0 aliphatic rings. The molecule has 1 N–H and O–H groups in total. The second-order valence-electron chi connectivity index (χ2n) is 5.74. The van der Waals surface area contributed by atoms with Crippen molar-refractivity contribution in [3.05, 3.63) is 47.8 Å². The van der Waals surface area contributed by atoms with Crippen LogP contribution in [0.1, 0.15) is 47.5 Å². The van der Waals surface area contributed by atoms with E-state index in [9.17, 15) is 9.59 Å². The van der Waals surface area contributed by atoms with E-state index in [-0.39, 0.29) is 18.5 Å². The molecular weight excluding hydrogens is 332 g/mol. The summed E-state index contributed by atoms with van der Waals surface area (Å²) in [7, 11) is 1.75. The number of nitrogens with zero attached hydrogens (tertiary/aromatic N) is 3. The highest BCUT2D eigenvalue weighted by molar-refractivity contribution is 5.96. The van der Waals surface area contributed by atoms with Crippen molar-refractivity contribution in [3.8, 4) is 0 Å². The first-order valence-corrected chi connectivity index (χ1v) is 8.68. The lowest BCUT2D eigenvalue weighted by atomic mass is 10.2. The van der Waals surface area contributed by atoms with Gasteiger partial charge < -0.3 is 15.0 Å². The molecule has 138 valence electrons. The van der Waals surface area contributed by atoms with Crippen LogP contribution in [0.15, 0.2) is 36.5 Å². The number of hydrogen-bond acceptors (Lipinski definition) is 6. The van der Waals surface area contributed by atoms with E-state index in [1.807, 2.05) is 0 Å². The number of carbonyl (C=O) groups is 2. The number of esters is 1. The van der Waals surface area contributed by atoms with E-state index in [4.69, 9.17) is 4.74 Å². The van der Waals surface area contributed by atoms with Crippen LogP contribution >= 0.6 is 0 Å². The quantitative estimate of drug-likeness (QED) is 0.731. The minimum Gasteiger partial charge on any atom is -0.462 e. The van der Waals surface area contributed by atoms with Gasteiger partial charge in [-0.2, -0.15) is 0 Å². The van der Waals surface area contributed by atoms with Gasteiger partial charge in [0.05, 0.1) is 17.9 Å². The molecule has 0 radical (unpaired) electrons. The lowest BCUT2D eigenvalue weighted by Crippen LogP contribution is -2.28. The number of amides is 1. The molecule has 1 aromatic carbocycles. The van der Waals surface area contributed by atoms with E-state index in [1.165, 1.54) is 6.20 Å². The molecule has 2 aromatic rings. The van der Waals surface area contributed by atoms with Gasteiger partial charge in [-0.25, -0.2) is 14.8 Å². The van der Waals surface area contributed by atoms with Gasteiger partial charge >= 0.3 is 5.97 Å². The predicted molar refractivity (Wildman–Crippen MR) is 99.6 cm³/mol. The topological polar surface area (TPSA) is 84.4 Å². The molecule has 1 amide bonds. The van der Waals surface area contributed by atoms with Crippen molar-refractivity contribution < 1.29 is 14.3 Å². The number of para-hydroxylation sites is 1. The normalized spacial score (nSPS) is 10.3. The fraction of sp³-hybridized carbons (Fsp3) is 0.368. The van der Waals surface area contributed by atoms with Crippen LogP contribution in [0.3, 0.4) is 0 Å². The zero-order valence-electron chi connectivity index (χ0n) is 15.4. The van der Waals surface area contributed by atoms with Gasteiger partial charge in [0.1, 0.15) is 5.69 Å². The van der Waals surface area contributed by atoms with Gasteiger partial charge in [0.2, 0.25) is 5.95 Å². The Kier molecular flexibility index (Phi) is 7.08. The number of ether oxygens (including phenoxy) is 1. The van der Waals surface area contributed by atoms with E-state index in [2.05, 4.69) is 22.2 Å². The molecule has 2 rings (SSSR count). The summed E-state index contributed by atoms with van der Waals surface area (Å²) in [4.78, 5) is 34.6. The summed E-state index contributed by atoms with van der Waals surface area (Å²) in [6.07, 6.45) is 3.47. The summed E-state index contributed by atoms with van der Waals surface area (Å²) in [5.41, 5.74) is 1.21. The number of benzene rings is 1. The third kappa shape index (κ3) is 5.02. The minimum atomic E-state index is -0.429. The van der Waals surface area contributed by atoms with Crippen molar-refractivity contribution in [1.29, 1.82) is 0 Å². The minimum absolute atomic E-state index is 0.164. The average molecular weight is 356 g/mol. The second-order valence-corrected chi connectivity index (χ2v) is 5.74. The fourth-order valence-electron chi connectivity index (χ4n) is 2.33. The zero-order chi connectivity index (χ0) is 18.9. The molecule has 0 fully saturated rings. The molecule has 0 aliphatic heterocycles. The number of rotatable bonds is 8. The van der Waals surface area contributed by atoms with Gasteiger partial charge in [0.25, 0.3) is 5.91 Å². The van der Waals surface area contributed by atoms with Gasteiger partial charge in [-0.1, -0.05) is 25.5 Å². The lowest BCUT2D eigenvalue weighted by Gasteiger charge is -2.16. The number of hydrogen-bond donors (Lipinski definition) is 1. The maximum absolute atomic E-state index is 12.4. The molecule has 0 aliphatic carbocycles. The summed E-state index contributed by atoms with van der Waals surface area (Å²) in [5.74, 6) is -0.346. The summed E-state index contributed by atoms with van der Waals surface area (Å²) in [5, 5.41) is 3.00. The van der Waals surface area contributed by atoms with E-state index < -0.39 is 5.97 Å². The summed E-state index contributed by atoms with van der Waals surface area (Å²) in [6.45, 7) is 4.79. The molecule has 0 saturated carbocycles. The van der Waals surface area contributed by atoms with Crippen molar-refractivity contribution in [2.24, 2.45) is 0 Å². The molecule has 1 aromatic heterocycles. The maximum Gasteiger partial charge on any atom is 0.340 e. The predicted octanol–water partition coefficient (Wildman–Crippen LogP) is 3.27. The highest BCUT2D eigenvalue weighted by Gasteiger charge is 2.16. The van der Waals surface area contributed by atoms with Crippen LogP contribution in [0.25, 0.3) is 0 Å². The van der Waals surface area contributed by atoms with Crippen LogP contribution in [0.4, 0.5) is 11.6 Å². The van der Waals surface area contributed by atoms with Gasteiger partial charge in [0, 0.05) is 19.8 Å². The monoisotopic (exact) mass is 356 g/mol. The van der Waals surface area contributed by atoms with Crippen LogP contribution in [-0.2, 0) is 4.74 Å². The van der Waals surface area contributed by atoms with Gasteiger partial charge in [-0.05, 0) is 31.5 Å². The molecule has 0 unspecified atom stereocenters. The largest absolute Gasteiger partial charge is 0.462 e. The first kappa shape index (κ1) is 19.4. The smallest absolute Gasteiger partial charge is 0.340 e. The standard InChI is InChI=1S/C19H24N4O3/c1-4-6-13-23(3)17(24)16-11-12-20-19(22-16)21-15-10-8-7-9-14(15)18(25)26-5-2/h7-12H,4-6,13H2,1-3H3,(H,20,21,22). The Balaban J connectivity index is 2.19. The van der Waals surface area contributed by atoms with E-state index in [1.54, 1.807) is 49.2 Å². The van der Waals surface area contributed by atoms with Crippen LogP contribution in [0, 0.1) is 0 Å². The lowest BCUT2D eigenvalue weighted by molar-refractivity contribution is 0.0527. The Bertz CT molecular complexity index is 764. The van der Waals surface area contributed by atoms with Crippen molar-refractivity contribution in [1.82, 2.24) is 14.9 Å². The van der Waals surface area contributed by atoms with E-state index in [0.29, 0.717) is 23.5 Å². The molecule has 0 atom stereocenters. The summed E-state index contributed by atoms with van der Waals surface area (Å²) >= 11 is 0. The van der Waals surface area contributed by atoms with E-state index in [0.717, 1.165) is 12.8 Å². The van der Waals surface area contributed by atoms with E-state index >= 15 is 0 Å². The third-order valence-electron chi connectivity index (χ3n) is 3.74. The Morgan fingerprint density at radius 3 is 2.69 bits per heavy atom. The zero-order valence-corrected chi connectivity index (χ0v) is 15.4. The molecule has 7 heteroatoms. The first-order chi connectivity index (χ1) is 12.6. The Morgan fingerprint density at radius 2 is 1.96 bits per heavy atom. The fourth-order valence-corrected chi connectivity index (χ4v) is 2.33. The maximum atomic E-state index is 12.4. The number of anilines is 2. The average Bonchev–Trinajstić information content (AvgIpc) is 2.66. The van der Waals surface area contributed by atoms with Crippen LogP contribution in [0.5, 0.6) is 0 Å². The van der Waals surface area contributed by atoms with Crippen molar-refractivity contribution >= 4 is 23.5 Å². The molecular formula is C19H24N4O3. The Labute approximate surface area is 153 Å². The van der Waals surface area contributed by atoms with Crippen LogP contribution in [-0.4, -0.2) is 46.9 Å². The van der Waals surface area contributed by atoms with Crippen LogP contribution in [0.2, 0.25) is 0 Å². The summed E-state index contributed by atoms with van der Waals surface area (Å²) < 4.78 is 5.06. The molecule has 26 heavy (non-hydrogen) atoms. The third-order valence-corrected chi connectivity index (χ3v) is 3.74. The number of carbonyl (C=O) groups excluding carboxylic acids is 2. The molecule has 1 heterocycles.